The number of aromatic nitrogens is 6. The maximum atomic E-state index is 11.4. The highest BCUT2D eigenvalue weighted by Crippen LogP contribution is 2.22. The summed E-state index contributed by atoms with van der Waals surface area (Å²) in [4.78, 5) is 35.3. The second kappa shape index (κ2) is 13.4. The highest BCUT2D eigenvalue weighted by molar-refractivity contribution is 6.32. The van der Waals surface area contributed by atoms with Gasteiger partial charge in [0, 0.05) is 39.3 Å². The van der Waals surface area contributed by atoms with E-state index < -0.39 is 0 Å². The minimum atomic E-state index is -0.255. The largest absolute Gasteiger partial charge is 0.447 e. The molecular weight excluding hydrogens is 602 g/mol. The highest BCUT2D eigenvalue weighted by Gasteiger charge is 2.38. The zero-order valence-corrected chi connectivity index (χ0v) is 22.6. The lowest BCUT2D eigenvalue weighted by molar-refractivity contribution is 0.148. The number of hydrogen-bond acceptors (Lipinski definition) is 14. The van der Waals surface area contributed by atoms with Gasteiger partial charge in [0.2, 0.25) is 11.2 Å². The van der Waals surface area contributed by atoms with Gasteiger partial charge in [-0.3, -0.25) is 9.80 Å². The Bertz CT molecular complexity index is 1180. The van der Waals surface area contributed by atoms with E-state index in [-0.39, 0.29) is 58.9 Å². The second-order valence-corrected chi connectivity index (χ2v) is 9.74. The summed E-state index contributed by atoms with van der Waals surface area (Å²) in [6.07, 6.45) is -0.450. The van der Waals surface area contributed by atoms with Crippen molar-refractivity contribution in [1.82, 2.24) is 44.6 Å². The summed E-state index contributed by atoms with van der Waals surface area (Å²) in [5.41, 5.74) is 10.8. The molecule has 4 saturated heterocycles. The number of hydrogen-bond donors (Lipinski definition) is 2. The molecule has 0 aliphatic carbocycles. The number of rotatable bonds is 1. The van der Waals surface area contributed by atoms with Gasteiger partial charge in [-0.1, -0.05) is 30.6 Å². The summed E-state index contributed by atoms with van der Waals surface area (Å²) >= 11 is 22.1. The molecule has 20 heteroatoms. The van der Waals surface area contributed by atoms with E-state index in [1.165, 1.54) is 0 Å². The fourth-order valence-corrected chi connectivity index (χ4v) is 4.40. The Labute approximate surface area is 243 Å². The fraction of sp³-hybridized carbons (Fsp3) is 0.579. The first-order valence-electron chi connectivity index (χ1n) is 11.1. The van der Waals surface area contributed by atoms with Crippen LogP contribution in [0.15, 0.2) is 0 Å². The summed E-state index contributed by atoms with van der Waals surface area (Å²) in [6.45, 7) is 4.82. The van der Waals surface area contributed by atoms with Crippen molar-refractivity contribution in [2.45, 2.75) is 19.5 Å². The molecule has 39 heavy (non-hydrogen) atoms. The Morgan fingerprint density at radius 2 is 1.28 bits per heavy atom. The summed E-state index contributed by atoms with van der Waals surface area (Å²) in [7, 11) is 0. The predicted molar refractivity (Wildman–Crippen MR) is 144 cm³/mol. The van der Waals surface area contributed by atoms with Crippen LogP contribution in [0.1, 0.15) is 7.43 Å². The van der Waals surface area contributed by atoms with Crippen molar-refractivity contribution in [2.75, 3.05) is 68.8 Å². The molecule has 6 rings (SSSR count). The molecule has 4 aliphatic heterocycles. The molecule has 2 amide bonds. The minimum absolute atomic E-state index is 0. The Morgan fingerprint density at radius 3 is 1.85 bits per heavy atom. The Hall–Kier alpha value is -2.92. The second-order valence-electron chi connectivity index (χ2n) is 8.21. The van der Waals surface area contributed by atoms with Gasteiger partial charge in [-0.25, -0.2) is 14.0 Å². The summed E-state index contributed by atoms with van der Waals surface area (Å²) in [6, 6.07) is 0.209. The van der Waals surface area contributed by atoms with Gasteiger partial charge in [0.1, 0.15) is 13.2 Å². The van der Waals surface area contributed by atoms with Crippen LogP contribution >= 0.6 is 46.6 Å². The van der Waals surface area contributed by atoms with Crippen LogP contribution in [-0.2, 0) is 9.47 Å². The molecule has 0 radical (unpaired) electrons. The van der Waals surface area contributed by atoms with Crippen molar-refractivity contribution in [2.24, 2.45) is 0 Å². The third-order valence-corrected chi connectivity index (χ3v) is 6.78. The Morgan fingerprint density at radius 1 is 0.744 bits per heavy atom. The summed E-state index contributed by atoms with van der Waals surface area (Å²) in [5, 5.41) is 14.5. The molecule has 0 bridgehead atoms. The van der Waals surface area contributed by atoms with Gasteiger partial charge >= 0.3 is 12.2 Å². The minimum Gasteiger partial charge on any atom is -0.447 e. The maximum Gasteiger partial charge on any atom is 0.410 e. The number of piperazine rings is 2. The van der Waals surface area contributed by atoms with Gasteiger partial charge in [-0.05, 0) is 23.4 Å². The molecule has 0 aromatic carbocycles. The van der Waals surface area contributed by atoms with E-state index in [2.05, 4.69) is 30.4 Å². The van der Waals surface area contributed by atoms with Gasteiger partial charge in [-0.2, -0.15) is 9.97 Å². The Kier molecular flexibility index (Phi) is 10.5. The third kappa shape index (κ3) is 7.60. The monoisotopic (exact) mass is 626 g/mol. The maximum absolute atomic E-state index is 11.4. The standard InChI is InChI=1S/C9H11ClN6O2.C6H9ClN2O2.C3H2Cl2N4.CH4/c10-6-7(11)12-8(14-13-6)15-1-2-16-5(3-15)4-18-9(16)17;7-8-1-2-9-5(3-8)4-11-6(9)10;4-1-2(6)7-3(5)9-8-1;/h5H,1-4H2,(H2,11,12,14);5H,1-4H2;(H2,6,7,9);1H4/t2*5-;;/m00../s1. The summed E-state index contributed by atoms with van der Waals surface area (Å²) < 4.78 is 11.5. The zero-order chi connectivity index (χ0) is 27.4. The molecule has 6 heterocycles. The normalized spacial score (nSPS) is 21.8. The lowest BCUT2D eigenvalue weighted by Gasteiger charge is -2.35. The van der Waals surface area contributed by atoms with E-state index in [1.54, 1.807) is 14.2 Å². The quantitative estimate of drug-likeness (QED) is 0.431. The molecule has 2 aromatic rings. The summed E-state index contributed by atoms with van der Waals surface area (Å²) in [5.74, 6) is 0.676. The molecule has 4 fully saturated rings. The van der Waals surface area contributed by atoms with Crippen LogP contribution < -0.4 is 16.4 Å². The van der Waals surface area contributed by atoms with E-state index in [4.69, 9.17) is 67.5 Å². The first-order valence-corrected chi connectivity index (χ1v) is 12.6. The molecule has 16 nitrogen and oxygen atoms in total. The van der Waals surface area contributed by atoms with Crippen molar-refractivity contribution in [3.63, 3.8) is 0 Å². The van der Waals surface area contributed by atoms with Crippen LogP contribution in [0.4, 0.5) is 27.2 Å². The number of nitrogens with zero attached hydrogens (tertiary/aromatic N) is 10. The number of nitrogens with two attached hydrogens (primary N) is 2. The number of ether oxygens (including phenoxy) is 2. The van der Waals surface area contributed by atoms with Crippen molar-refractivity contribution >= 4 is 76.4 Å². The molecule has 0 spiro atoms. The average molecular weight is 628 g/mol. The van der Waals surface area contributed by atoms with Gasteiger partial charge in [0.05, 0.1) is 12.1 Å². The van der Waals surface area contributed by atoms with Crippen molar-refractivity contribution in [3.05, 3.63) is 15.6 Å². The highest BCUT2D eigenvalue weighted by atomic mass is 35.5. The Balaban J connectivity index is 0.000000172. The van der Waals surface area contributed by atoms with Crippen LogP contribution in [0.5, 0.6) is 0 Å². The third-order valence-electron chi connectivity index (χ3n) is 5.77. The first kappa shape index (κ1) is 30.6. The molecule has 4 N–H and O–H groups in total. The number of carbonyl (C=O) groups is 2. The van der Waals surface area contributed by atoms with Crippen molar-refractivity contribution in [3.8, 4) is 0 Å². The lowest BCUT2D eigenvalue weighted by Crippen LogP contribution is -2.52. The van der Waals surface area contributed by atoms with Crippen LogP contribution in [-0.4, -0.2) is 121 Å². The van der Waals surface area contributed by atoms with E-state index in [1.807, 2.05) is 4.90 Å². The number of carbonyl (C=O) groups excluding carboxylic acids is 2. The number of cyclic esters (lactones) is 2. The van der Waals surface area contributed by atoms with Crippen LogP contribution in [0.2, 0.25) is 15.6 Å². The average Bonchev–Trinajstić information content (AvgIpc) is 3.45. The number of nitrogen functional groups attached to an aromatic ring is 2. The molecule has 2 aromatic heterocycles. The van der Waals surface area contributed by atoms with E-state index >= 15 is 0 Å². The number of anilines is 3. The van der Waals surface area contributed by atoms with Gasteiger partial charge in [-0.15, -0.1) is 20.4 Å². The molecular formula is C19H26Cl4N12O4. The van der Waals surface area contributed by atoms with Gasteiger partial charge in [0.15, 0.2) is 21.9 Å². The van der Waals surface area contributed by atoms with Gasteiger partial charge < -0.3 is 25.8 Å². The van der Waals surface area contributed by atoms with Crippen molar-refractivity contribution < 1.29 is 19.1 Å². The molecule has 2 atom stereocenters. The molecule has 214 valence electrons. The number of amides is 2. The fourth-order valence-electron chi connectivity index (χ4n) is 3.88. The van der Waals surface area contributed by atoms with Gasteiger partial charge in [0.25, 0.3) is 0 Å². The van der Waals surface area contributed by atoms with E-state index in [0.29, 0.717) is 51.9 Å². The SMILES string of the molecule is C.Nc1nc(Cl)nnc1Cl.Nc1nc(N2CCN3C(=O)OC[C@@H]3C2)nnc1Cl.O=C1OC[C@@H]2CN(Cl)CCN12. The van der Waals surface area contributed by atoms with Crippen LogP contribution in [0.3, 0.4) is 0 Å². The topological polar surface area (TPSA) is 195 Å². The zero-order valence-electron chi connectivity index (χ0n) is 19.6. The van der Waals surface area contributed by atoms with Crippen molar-refractivity contribution in [1.29, 1.82) is 0 Å². The van der Waals surface area contributed by atoms with Crippen LogP contribution in [0.25, 0.3) is 0 Å². The van der Waals surface area contributed by atoms with E-state index in [0.717, 1.165) is 6.54 Å². The lowest BCUT2D eigenvalue weighted by atomic mass is 10.2. The number of halogens is 4. The van der Waals surface area contributed by atoms with Crippen LogP contribution in [0, 0.1) is 0 Å². The van der Waals surface area contributed by atoms with E-state index in [9.17, 15) is 9.59 Å². The molecule has 0 unspecified atom stereocenters. The first-order chi connectivity index (χ1) is 18.1. The smallest absolute Gasteiger partial charge is 0.410 e. The molecule has 4 aliphatic rings. The number of fused-ring (bicyclic) bond motifs is 2. The predicted octanol–water partition coefficient (Wildman–Crippen LogP) is 1.42. The molecule has 0 saturated carbocycles.